The van der Waals surface area contributed by atoms with Gasteiger partial charge in [-0.3, -0.25) is 4.98 Å². The predicted molar refractivity (Wildman–Crippen MR) is 87.0 cm³/mol. The van der Waals surface area contributed by atoms with Gasteiger partial charge in [0, 0.05) is 11.1 Å². The topological polar surface area (TPSA) is 38.9 Å². The Kier molecular flexibility index (Phi) is 5.13. The van der Waals surface area contributed by atoms with Crippen molar-refractivity contribution in [2.45, 2.75) is 46.5 Å². The maximum Gasteiger partial charge on any atom is 0.0708 e. The second kappa shape index (κ2) is 6.85. The van der Waals surface area contributed by atoms with Crippen molar-refractivity contribution >= 4 is 10.9 Å². The molecule has 0 radical (unpaired) electrons. The number of unbranched alkanes of at least 4 members (excludes halogenated alkanes) is 1. The largest absolute Gasteiger partial charge is 0.330 e. The molecule has 1 aromatic heterocycles. The highest BCUT2D eigenvalue weighted by molar-refractivity contribution is 5.82. The van der Waals surface area contributed by atoms with Crippen molar-refractivity contribution in [3.63, 3.8) is 0 Å². The SMILES string of the molecule is CCCCc1ccc2nc(CC(C)CN)cc(C)c2c1. The standard InChI is InChI=1S/C18H26N2/c1-4-5-6-15-7-8-18-17(11-15)14(3)10-16(20-18)9-13(2)12-19/h7-8,10-11,13H,4-6,9,12,19H2,1-3H3. The lowest BCUT2D eigenvalue weighted by Gasteiger charge is -2.11. The number of hydrogen-bond donors (Lipinski definition) is 1. The second-order valence-electron chi connectivity index (χ2n) is 5.93. The summed E-state index contributed by atoms with van der Waals surface area (Å²) in [6, 6.07) is 8.92. The van der Waals surface area contributed by atoms with Crippen LogP contribution in [0.2, 0.25) is 0 Å². The van der Waals surface area contributed by atoms with E-state index in [9.17, 15) is 0 Å². The molecule has 1 unspecified atom stereocenters. The summed E-state index contributed by atoms with van der Waals surface area (Å²) in [5.74, 6) is 0.489. The van der Waals surface area contributed by atoms with Crippen LogP contribution in [-0.4, -0.2) is 11.5 Å². The van der Waals surface area contributed by atoms with Crippen LogP contribution in [0.1, 0.15) is 43.5 Å². The van der Waals surface area contributed by atoms with E-state index in [0.717, 1.165) is 24.1 Å². The average molecular weight is 270 g/mol. The first kappa shape index (κ1) is 15.0. The third-order valence-electron chi connectivity index (χ3n) is 3.91. The molecule has 108 valence electrons. The summed E-state index contributed by atoms with van der Waals surface area (Å²) in [6.07, 6.45) is 4.62. The van der Waals surface area contributed by atoms with Crippen LogP contribution in [0.3, 0.4) is 0 Å². The van der Waals surface area contributed by atoms with E-state index < -0.39 is 0 Å². The van der Waals surface area contributed by atoms with Crippen molar-refractivity contribution in [1.82, 2.24) is 4.98 Å². The van der Waals surface area contributed by atoms with Crippen LogP contribution in [0.4, 0.5) is 0 Å². The number of pyridine rings is 1. The monoisotopic (exact) mass is 270 g/mol. The Morgan fingerprint density at radius 3 is 2.75 bits per heavy atom. The van der Waals surface area contributed by atoms with Crippen LogP contribution < -0.4 is 5.73 Å². The molecule has 0 fully saturated rings. The van der Waals surface area contributed by atoms with Gasteiger partial charge in [-0.1, -0.05) is 26.3 Å². The molecule has 2 N–H and O–H groups in total. The van der Waals surface area contributed by atoms with Crippen molar-refractivity contribution < 1.29 is 0 Å². The summed E-state index contributed by atoms with van der Waals surface area (Å²) < 4.78 is 0. The van der Waals surface area contributed by atoms with E-state index in [1.807, 2.05) is 0 Å². The number of aryl methyl sites for hydroxylation is 2. The quantitative estimate of drug-likeness (QED) is 0.861. The lowest BCUT2D eigenvalue weighted by atomic mass is 10.00. The lowest BCUT2D eigenvalue weighted by Crippen LogP contribution is -2.14. The number of hydrogen-bond acceptors (Lipinski definition) is 2. The molecule has 1 atom stereocenters. The van der Waals surface area contributed by atoms with Gasteiger partial charge in [0.15, 0.2) is 0 Å². The summed E-state index contributed by atoms with van der Waals surface area (Å²) >= 11 is 0. The first-order valence-electron chi connectivity index (χ1n) is 7.73. The zero-order valence-corrected chi connectivity index (χ0v) is 12.9. The van der Waals surface area contributed by atoms with Crippen molar-refractivity contribution in [3.8, 4) is 0 Å². The summed E-state index contributed by atoms with van der Waals surface area (Å²) in [4.78, 5) is 4.79. The van der Waals surface area contributed by atoms with Gasteiger partial charge in [0.05, 0.1) is 5.52 Å². The van der Waals surface area contributed by atoms with Crippen molar-refractivity contribution in [2.24, 2.45) is 11.7 Å². The normalized spacial score (nSPS) is 12.8. The Hall–Kier alpha value is -1.41. The molecule has 0 aliphatic rings. The van der Waals surface area contributed by atoms with E-state index in [2.05, 4.69) is 45.0 Å². The first-order chi connectivity index (χ1) is 9.63. The molecule has 20 heavy (non-hydrogen) atoms. The fourth-order valence-corrected chi connectivity index (χ4v) is 2.59. The van der Waals surface area contributed by atoms with Gasteiger partial charge in [-0.2, -0.15) is 0 Å². The Bertz CT molecular complexity index is 575. The van der Waals surface area contributed by atoms with Gasteiger partial charge in [0.2, 0.25) is 0 Å². The number of nitrogens with two attached hydrogens (primary N) is 1. The molecule has 0 spiro atoms. The minimum absolute atomic E-state index is 0.489. The molecule has 0 bridgehead atoms. The highest BCUT2D eigenvalue weighted by atomic mass is 14.7. The fourth-order valence-electron chi connectivity index (χ4n) is 2.59. The van der Waals surface area contributed by atoms with Crippen LogP contribution in [0, 0.1) is 12.8 Å². The minimum Gasteiger partial charge on any atom is -0.330 e. The predicted octanol–water partition coefficient (Wildman–Crippen LogP) is 4.02. The van der Waals surface area contributed by atoms with Gasteiger partial charge in [-0.15, -0.1) is 0 Å². The molecule has 1 aromatic carbocycles. The van der Waals surface area contributed by atoms with Crippen LogP contribution in [0.15, 0.2) is 24.3 Å². The summed E-state index contributed by atoms with van der Waals surface area (Å²) in [5.41, 5.74) is 10.7. The number of rotatable bonds is 6. The minimum atomic E-state index is 0.489. The molecule has 0 saturated carbocycles. The molecule has 0 saturated heterocycles. The van der Waals surface area contributed by atoms with Crippen molar-refractivity contribution in [2.75, 3.05) is 6.54 Å². The number of fused-ring (bicyclic) bond motifs is 1. The Morgan fingerprint density at radius 1 is 1.25 bits per heavy atom. The van der Waals surface area contributed by atoms with E-state index in [1.54, 1.807) is 0 Å². The molecule has 2 aromatic rings. The number of aromatic nitrogens is 1. The van der Waals surface area contributed by atoms with Crippen molar-refractivity contribution in [3.05, 3.63) is 41.1 Å². The lowest BCUT2D eigenvalue weighted by molar-refractivity contribution is 0.585. The van der Waals surface area contributed by atoms with Gasteiger partial charge < -0.3 is 5.73 Å². The van der Waals surface area contributed by atoms with Crippen molar-refractivity contribution in [1.29, 1.82) is 0 Å². The first-order valence-corrected chi connectivity index (χ1v) is 7.73. The van der Waals surface area contributed by atoms with E-state index in [0.29, 0.717) is 12.5 Å². The van der Waals surface area contributed by atoms with Gasteiger partial charge in [-0.05, 0) is 68.0 Å². The van der Waals surface area contributed by atoms with Crippen LogP contribution in [-0.2, 0) is 12.8 Å². The molecule has 2 nitrogen and oxygen atoms in total. The Labute approximate surface area is 122 Å². The van der Waals surface area contributed by atoms with E-state index in [4.69, 9.17) is 10.7 Å². The van der Waals surface area contributed by atoms with Gasteiger partial charge in [0.25, 0.3) is 0 Å². The molecular weight excluding hydrogens is 244 g/mol. The van der Waals surface area contributed by atoms with E-state index in [1.165, 1.54) is 29.4 Å². The van der Waals surface area contributed by atoms with Gasteiger partial charge >= 0.3 is 0 Å². The van der Waals surface area contributed by atoms with Crippen LogP contribution >= 0.6 is 0 Å². The molecule has 1 heterocycles. The highest BCUT2D eigenvalue weighted by Gasteiger charge is 2.07. The Balaban J connectivity index is 2.31. The zero-order valence-electron chi connectivity index (χ0n) is 12.9. The fraction of sp³-hybridized carbons (Fsp3) is 0.500. The summed E-state index contributed by atoms with van der Waals surface area (Å²) in [7, 11) is 0. The third-order valence-corrected chi connectivity index (χ3v) is 3.91. The smallest absolute Gasteiger partial charge is 0.0708 e. The summed E-state index contributed by atoms with van der Waals surface area (Å²) in [5, 5.41) is 1.29. The van der Waals surface area contributed by atoms with E-state index in [-0.39, 0.29) is 0 Å². The second-order valence-corrected chi connectivity index (χ2v) is 5.93. The number of nitrogens with zero attached hydrogens (tertiary/aromatic N) is 1. The highest BCUT2D eigenvalue weighted by Crippen LogP contribution is 2.21. The maximum absolute atomic E-state index is 5.71. The number of benzene rings is 1. The molecular formula is C18H26N2. The zero-order chi connectivity index (χ0) is 14.5. The van der Waals surface area contributed by atoms with Gasteiger partial charge in [0.1, 0.15) is 0 Å². The van der Waals surface area contributed by atoms with Gasteiger partial charge in [-0.25, -0.2) is 0 Å². The molecule has 0 aliphatic heterocycles. The van der Waals surface area contributed by atoms with Crippen LogP contribution in [0.5, 0.6) is 0 Å². The average Bonchev–Trinajstić information content (AvgIpc) is 2.45. The molecule has 0 amide bonds. The summed E-state index contributed by atoms with van der Waals surface area (Å²) in [6.45, 7) is 7.31. The maximum atomic E-state index is 5.71. The molecule has 2 rings (SSSR count). The van der Waals surface area contributed by atoms with Crippen LogP contribution in [0.25, 0.3) is 10.9 Å². The van der Waals surface area contributed by atoms with E-state index >= 15 is 0 Å². The Morgan fingerprint density at radius 2 is 2.05 bits per heavy atom. The third kappa shape index (κ3) is 3.57. The molecule has 0 aliphatic carbocycles. The molecule has 2 heteroatoms.